The van der Waals surface area contributed by atoms with Gasteiger partial charge in [0.25, 0.3) is 0 Å². The number of unbranched alkanes of at least 4 members (excludes halogenated alkanes) is 3. The smallest absolute Gasteiger partial charge is 0.310 e. The molecule has 0 heterocycles. The van der Waals surface area contributed by atoms with Crippen LogP contribution in [0.1, 0.15) is 53.4 Å². The molecular weight excluding hydrogens is 218 g/mol. The number of rotatable bonds is 9. The van der Waals surface area contributed by atoms with Crippen LogP contribution in [0, 0.1) is 5.41 Å². The molecule has 102 valence electrons. The second-order valence-corrected chi connectivity index (χ2v) is 5.62. The summed E-state index contributed by atoms with van der Waals surface area (Å²) in [6.45, 7) is 8.41. The van der Waals surface area contributed by atoms with Crippen LogP contribution in [-0.2, 0) is 4.79 Å². The van der Waals surface area contributed by atoms with Gasteiger partial charge in [-0.3, -0.25) is 4.79 Å². The number of carboxylic acid groups (broad SMARTS) is 1. The van der Waals surface area contributed by atoms with Gasteiger partial charge in [-0.1, -0.05) is 12.8 Å². The minimum Gasteiger partial charge on any atom is -0.481 e. The van der Waals surface area contributed by atoms with E-state index in [1.54, 1.807) is 13.8 Å². The molecule has 3 N–H and O–H groups in total. The lowest BCUT2D eigenvalue weighted by atomic mass is 9.74. The molecule has 4 nitrogen and oxygen atoms in total. The molecule has 0 saturated heterocycles. The van der Waals surface area contributed by atoms with Crippen molar-refractivity contribution in [1.29, 1.82) is 0 Å². The Kier molecular flexibility index (Phi) is 6.72. The van der Waals surface area contributed by atoms with Crippen molar-refractivity contribution in [2.75, 3.05) is 13.2 Å². The van der Waals surface area contributed by atoms with Crippen molar-refractivity contribution >= 4 is 5.97 Å². The maximum Gasteiger partial charge on any atom is 0.310 e. The third kappa shape index (κ3) is 5.04. The van der Waals surface area contributed by atoms with Crippen LogP contribution in [-0.4, -0.2) is 34.9 Å². The predicted molar refractivity (Wildman–Crippen MR) is 69.1 cm³/mol. The molecule has 0 aromatic heterocycles. The van der Waals surface area contributed by atoms with Crippen LogP contribution in [0.4, 0.5) is 0 Å². The molecule has 0 spiro atoms. The zero-order valence-corrected chi connectivity index (χ0v) is 11.5. The number of aliphatic hydroxyl groups excluding tert-OH is 1. The van der Waals surface area contributed by atoms with E-state index < -0.39 is 16.9 Å². The maximum atomic E-state index is 11.2. The summed E-state index contributed by atoms with van der Waals surface area (Å²) in [6.07, 6.45) is 3.96. The van der Waals surface area contributed by atoms with Crippen LogP contribution in [0.25, 0.3) is 0 Å². The van der Waals surface area contributed by atoms with Crippen molar-refractivity contribution in [1.82, 2.24) is 5.32 Å². The lowest BCUT2D eigenvalue weighted by Crippen LogP contribution is -2.55. The van der Waals surface area contributed by atoms with Crippen molar-refractivity contribution < 1.29 is 15.0 Å². The monoisotopic (exact) mass is 245 g/mol. The summed E-state index contributed by atoms with van der Waals surface area (Å²) in [5.41, 5.74) is -1.23. The van der Waals surface area contributed by atoms with Crippen molar-refractivity contribution in [2.45, 2.75) is 58.9 Å². The summed E-state index contributed by atoms with van der Waals surface area (Å²) < 4.78 is 0. The molecule has 0 rings (SSSR count). The Labute approximate surface area is 104 Å². The normalized spacial score (nSPS) is 12.8. The third-order valence-electron chi connectivity index (χ3n) is 3.75. The minimum absolute atomic E-state index is 0.255. The standard InChI is InChI=1S/C13H27NO3/c1-12(2,11(16)17)13(3,4)14-9-7-5-6-8-10-15/h14-15H,5-10H2,1-4H3,(H,16,17). The van der Waals surface area contributed by atoms with Gasteiger partial charge in [0.1, 0.15) is 0 Å². The molecule has 0 aromatic rings. The van der Waals surface area contributed by atoms with Gasteiger partial charge in [-0.25, -0.2) is 0 Å². The Morgan fingerprint density at radius 3 is 2.06 bits per heavy atom. The molecule has 0 bridgehead atoms. The predicted octanol–water partition coefficient (Wildman–Crippen LogP) is 2.02. The van der Waals surface area contributed by atoms with E-state index in [0.717, 1.165) is 32.2 Å². The zero-order valence-electron chi connectivity index (χ0n) is 11.5. The molecule has 0 radical (unpaired) electrons. The van der Waals surface area contributed by atoms with Crippen LogP contribution in [0.3, 0.4) is 0 Å². The molecule has 0 saturated carbocycles. The van der Waals surface area contributed by atoms with E-state index in [2.05, 4.69) is 5.32 Å². The number of hydrogen-bond donors (Lipinski definition) is 3. The van der Waals surface area contributed by atoms with Crippen molar-refractivity contribution in [3.05, 3.63) is 0 Å². The minimum atomic E-state index is -0.794. The quantitative estimate of drug-likeness (QED) is 0.544. The highest BCUT2D eigenvalue weighted by Crippen LogP contribution is 2.30. The van der Waals surface area contributed by atoms with Gasteiger partial charge in [-0.15, -0.1) is 0 Å². The summed E-state index contributed by atoms with van der Waals surface area (Å²) in [5.74, 6) is -0.782. The Morgan fingerprint density at radius 2 is 1.59 bits per heavy atom. The highest BCUT2D eigenvalue weighted by atomic mass is 16.4. The van der Waals surface area contributed by atoms with Gasteiger partial charge in [-0.2, -0.15) is 0 Å². The number of aliphatic carboxylic acids is 1. The van der Waals surface area contributed by atoms with Gasteiger partial charge >= 0.3 is 5.97 Å². The number of hydrogen-bond acceptors (Lipinski definition) is 3. The number of aliphatic hydroxyl groups is 1. The van der Waals surface area contributed by atoms with Crippen LogP contribution in [0.2, 0.25) is 0 Å². The summed E-state index contributed by atoms with van der Waals surface area (Å²) in [4.78, 5) is 11.2. The topological polar surface area (TPSA) is 69.6 Å². The van der Waals surface area contributed by atoms with E-state index in [1.165, 1.54) is 0 Å². The first-order valence-electron chi connectivity index (χ1n) is 6.35. The molecule has 0 amide bonds. The van der Waals surface area contributed by atoms with E-state index in [4.69, 9.17) is 5.11 Å². The molecule has 0 unspecified atom stereocenters. The molecule has 0 aliphatic heterocycles. The molecule has 17 heavy (non-hydrogen) atoms. The van der Waals surface area contributed by atoms with Gasteiger partial charge in [0.15, 0.2) is 0 Å². The molecule has 0 atom stereocenters. The first-order chi connectivity index (χ1) is 7.75. The first kappa shape index (κ1) is 16.4. The largest absolute Gasteiger partial charge is 0.481 e. The second kappa shape index (κ2) is 6.97. The van der Waals surface area contributed by atoms with Crippen molar-refractivity contribution in [2.24, 2.45) is 5.41 Å². The summed E-state index contributed by atoms with van der Waals surface area (Å²) in [5, 5.41) is 21.1. The molecular formula is C13H27NO3. The second-order valence-electron chi connectivity index (χ2n) is 5.62. The van der Waals surface area contributed by atoms with Crippen LogP contribution in [0.15, 0.2) is 0 Å². The van der Waals surface area contributed by atoms with E-state index >= 15 is 0 Å². The SMILES string of the molecule is CC(C)(NCCCCCCO)C(C)(C)C(=O)O. The Hall–Kier alpha value is -0.610. The van der Waals surface area contributed by atoms with E-state index in [0.29, 0.717) is 0 Å². The highest BCUT2D eigenvalue weighted by Gasteiger charge is 2.42. The summed E-state index contributed by atoms with van der Waals surface area (Å²) >= 11 is 0. The fraction of sp³-hybridized carbons (Fsp3) is 0.923. The van der Waals surface area contributed by atoms with Gasteiger partial charge in [0.05, 0.1) is 5.41 Å². The Bertz CT molecular complexity index is 237. The average Bonchev–Trinajstić information content (AvgIpc) is 2.22. The molecule has 0 aromatic carbocycles. The molecule has 0 aliphatic carbocycles. The Balaban J connectivity index is 3.98. The van der Waals surface area contributed by atoms with Crippen LogP contribution in [0.5, 0.6) is 0 Å². The van der Waals surface area contributed by atoms with Gasteiger partial charge in [-0.05, 0) is 47.1 Å². The van der Waals surface area contributed by atoms with Gasteiger partial charge in [0.2, 0.25) is 0 Å². The number of carbonyl (C=O) groups is 1. The lowest BCUT2D eigenvalue weighted by molar-refractivity contribution is -0.151. The fourth-order valence-electron chi connectivity index (χ4n) is 1.48. The van der Waals surface area contributed by atoms with E-state index in [9.17, 15) is 9.90 Å². The number of nitrogens with one attached hydrogen (secondary N) is 1. The van der Waals surface area contributed by atoms with Crippen LogP contribution >= 0.6 is 0 Å². The summed E-state index contributed by atoms with van der Waals surface area (Å²) in [6, 6.07) is 0. The van der Waals surface area contributed by atoms with E-state index in [-0.39, 0.29) is 6.61 Å². The number of carboxylic acids is 1. The third-order valence-corrected chi connectivity index (χ3v) is 3.75. The maximum absolute atomic E-state index is 11.2. The zero-order chi connectivity index (χ0) is 13.5. The Morgan fingerprint density at radius 1 is 1.06 bits per heavy atom. The molecule has 0 aliphatic rings. The molecule has 4 heteroatoms. The van der Waals surface area contributed by atoms with Crippen molar-refractivity contribution in [3.8, 4) is 0 Å². The first-order valence-corrected chi connectivity index (χ1v) is 6.35. The molecule has 0 fully saturated rings. The summed E-state index contributed by atoms with van der Waals surface area (Å²) in [7, 11) is 0. The van der Waals surface area contributed by atoms with E-state index in [1.807, 2.05) is 13.8 Å². The fourth-order valence-corrected chi connectivity index (χ4v) is 1.48. The van der Waals surface area contributed by atoms with Crippen LogP contribution < -0.4 is 5.32 Å². The van der Waals surface area contributed by atoms with Gasteiger partial charge in [0, 0.05) is 12.1 Å². The average molecular weight is 245 g/mol. The van der Waals surface area contributed by atoms with Gasteiger partial charge < -0.3 is 15.5 Å². The highest BCUT2D eigenvalue weighted by molar-refractivity contribution is 5.75. The lowest BCUT2D eigenvalue weighted by Gasteiger charge is -2.39. The van der Waals surface area contributed by atoms with Crippen molar-refractivity contribution in [3.63, 3.8) is 0 Å².